The molecular formula is C22H24N8OS. The first kappa shape index (κ1) is 21.6. The van der Waals surface area contributed by atoms with Gasteiger partial charge in [-0.2, -0.15) is 15.0 Å². The van der Waals surface area contributed by atoms with Crippen LogP contribution in [-0.4, -0.2) is 50.9 Å². The van der Waals surface area contributed by atoms with E-state index in [1.165, 1.54) is 11.8 Å². The third-order valence-electron chi connectivity index (χ3n) is 4.68. The minimum Gasteiger partial charge on any atom is -0.497 e. The van der Waals surface area contributed by atoms with Crippen molar-refractivity contribution >= 4 is 23.7 Å². The van der Waals surface area contributed by atoms with Crippen LogP contribution in [0.2, 0.25) is 0 Å². The Kier molecular flexibility index (Phi) is 6.22. The van der Waals surface area contributed by atoms with Gasteiger partial charge in [0.2, 0.25) is 11.9 Å². The van der Waals surface area contributed by atoms with E-state index in [-0.39, 0.29) is 11.2 Å². The molecule has 0 aliphatic heterocycles. The first-order valence-corrected chi connectivity index (χ1v) is 10.8. The molecule has 0 unspecified atom stereocenters. The number of thioether (sulfide) groups is 1. The Morgan fingerprint density at radius 1 is 1.00 bits per heavy atom. The third kappa shape index (κ3) is 4.50. The summed E-state index contributed by atoms with van der Waals surface area (Å²) in [5.41, 5.74) is 7.77. The lowest BCUT2D eigenvalue weighted by atomic mass is 10.2. The average molecular weight is 449 g/mol. The largest absolute Gasteiger partial charge is 0.497 e. The molecule has 0 fully saturated rings. The minimum atomic E-state index is -0.135. The molecule has 164 valence electrons. The zero-order chi connectivity index (χ0) is 22.7. The molecule has 1 atom stereocenters. The maximum Gasteiger partial charge on any atom is 0.229 e. The Balaban J connectivity index is 1.76. The molecule has 2 N–H and O–H groups in total. The summed E-state index contributed by atoms with van der Waals surface area (Å²) < 4.78 is 7.41. The van der Waals surface area contributed by atoms with Crippen LogP contribution < -0.4 is 15.4 Å². The highest BCUT2D eigenvalue weighted by atomic mass is 32.2. The second kappa shape index (κ2) is 9.23. The monoisotopic (exact) mass is 448 g/mol. The van der Waals surface area contributed by atoms with Crippen LogP contribution in [0.5, 0.6) is 5.75 Å². The van der Waals surface area contributed by atoms with Gasteiger partial charge >= 0.3 is 0 Å². The molecule has 0 aliphatic carbocycles. The van der Waals surface area contributed by atoms with Crippen molar-refractivity contribution in [2.75, 3.05) is 31.8 Å². The fourth-order valence-corrected chi connectivity index (χ4v) is 4.01. The molecule has 9 nitrogen and oxygen atoms in total. The Labute approximate surface area is 190 Å². The quantitative estimate of drug-likeness (QED) is 0.424. The van der Waals surface area contributed by atoms with Crippen LogP contribution >= 0.6 is 11.8 Å². The Hall–Kier alpha value is -3.66. The van der Waals surface area contributed by atoms with E-state index in [0.717, 1.165) is 17.0 Å². The number of nitrogens with zero attached hydrogens (tertiary/aromatic N) is 7. The Bertz CT molecular complexity index is 1210. The number of nitrogens with two attached hydrogens (primary N) is 1. The van der Waals surface area contributed by atoms with E-state index in [1.807, 2.05) is 80.2 Å². The van der Waals surface area contributed by atoms with Crippen molar-refractivity contribution in [3.05, 3.63) is 60.4 Å². The van der Waals surface area contributed by atoms with Gasteiger partial charge in [-0.1, -0.05) is 42.1 Å². The number of anilines is 2. The van der Waals surface area contributed by atoms with Crippen molar-refractivity contribution < 1.29 is 4.74 Å². The van der Waals surface area contributed by atoms with Gasteiger partial charge in [0, 0.05) is 25.3 Å². The maximum absolute atomic E-state index is 5.91. The summed E-state index contributed by atoms with van der Waals surface area (Å²) in [6.07, 6.45) is 0. The number of rotatable bonds is 7. The molecule has 0 saturated heterocycles. The Morgan fingerprint density at radius 3 is 2.50 bits per heavy atom. The average Bonchev–Trinajstić information content (AvgIpc) is 3.22. The first-order chi connectivity index (χ1) is 15.5. The number of nitrogen functional groups attached to an aromatic ring is 1. The molecule has 0 spiro atoms. The molecule has 0 bridgehead atoms. The second-order valence-electron chi connectivity index (χ2n) is 7.22. The van der Waals surface area contributed by atoms with E-state index < -0.39 is 0 Å². The van der Waals surface area contributed by atoms with E-state index in [9.17, 15) is 0 Å². The first-order valence-electron chi connectivity index (χ1n) is 9.97. The lowest BCUT2D eigenvalue weighted by Crippen LogP contribution is -2.16. The van der Waals surface area contributed by atoms with E-state index in [0.29, 0.717) is 22.8 Å². The van der Waals surface area contributed by atoms with Gasteiger partial charge < -0.3 is 15.4 Å². The number of hydrogen-bond donors (Lipinski definition) is 1. The number of methoxy groups -OCH3 is 1. The summed E-state index contributed by atoms with van der Waals surface area (Å²) in [4.78, 5) is 14.9. The Morgan fingerprint density at radius 2 is 1.78 bits per heavy atom. The van der Waals surface area contributed by atoms with Gasteiger partial charge in [0.05, 0.1) is 12.4 Å². The highest BCUT2D eigenvalue weighted by molar-refractivity contribution is 7.99. The number of benzene rings is 2. The van der Waals surface area contributed by atoms with Crippen molar-refractivity contribution in [1.29, 1.82) is 0 Å². The fraction of sp³-hybridized carbons (Fsp3) is 0.227. The zero-order valence-corrected chi connectivity index (χ0v) is 19.1. The van der Waals surface area contributed by atoms with Crippen LogP contribution in [0.3, 0.4) is 0 Å². The molecule has 0 radical (unpaired) electrons. The van der Waals surface area contributed by atoms with Crippen molar-refractivity contribution in [3.8, 4) is 22.8 Å². The highest BCUT2D eigenvalue weighted by Gasteiger charge is 2.21. The summed E-state index contributed by atoms with van der Waals surface area (Å²) in [5, 5.41) is 9.57. The molecule has 0 saturated carbocycles. The lowest BCUT2D eigenvalue weighted by Gasteiger charge is -2.15. The number of hydrogen-bond acceptors (Lipinski definition) is 9. The predicted octanol–water partition coefficient (Wildman–Crippen LogP) is 3.63. The SMILES string of the molecule is COc1cccc(-c2nnc(S[C@H](C)c3nc(N)nc(N(C)C)n3)n2-c2ccccc2)c1. The number of para-hydroxylation sites is 1. The van der Waals surface area contributed by atoms with Gasteiger partial charge in [-0.05, 0) is 31.2 Å². The summed E-state index contributed by atoms with van der Waals surface area (Å²) in [7, 11) is 5.37. The van der Waals surface area contributed by atoms with Gasteiger partial charge in [0.25, 0.3) is 0 Å². The van der Waals surface area contributed by atoms with Gasteiger partial charge in [-0.15, -0.1) is 10.2 Å². The molecule has 2 aromatic heterocycles. The van der Waals surface area contributed by atoms with Crippen molar-refractivity contribution in [3.63, 3.8) is 0 Å². The van der Waals surface area contributed by atoms with Gasteiger partial charge in [0.1, 0.15) is 11.6 Å². The smallest absolute Gasteiger partial charge is 0.229 e. The van der Waals surface area contributed by atoms with Crippen molar-refractivity contribution in [2.45, 2.75) is 17.3 Å². The molecule has 10 heteroatoms. The number of aromatic nitrogens is 6. The highest BCUT2D eigenvalue weighted by Crippen LogP contribution is 2.36. The van der Waals surface area contributed by atoms with E-state index >= 15 is 0 Å². The van der Waals surface area contributed by atoms with Crippen LogP contribution in [-0.2, 0) is 0 Å². The van der Waals surface area contributed by atoms with Crippen LogP contribution in [0.15, 0.2) is 59.8 Å². The molecule has 4 aromatic rings. The molecular weight excluding hydrogens is 424 g/mol. The standard InChI is InChI=1S/C22H24N8OS/c1-14(18-24-20(23)26-21(25-18)29(2)3)32-22-28-27-19(15-9-8-12-17(13-15)31-4)30(22)16-10-6-5-7-11-16/h5-14H,1-4H3,(H2,23,24,25,26)/t14-/m1/s1. The van der Waals surface area contributed by atoms with Crippen molar-refractivity contribution in [2.24, 2.45) is 0 Å². The van der Waals surface area contributed by atoms with E-state index in [1.54, 1.807) is 12.0 Å². The fourth-order valence-electron chi connectivity index (χ4n) is 3.10. The molecule has 32 heavy (non-hydrogen) atoms. The summed E-state index contributed by atoms with van der Waals surface area (Å²) in [5.74, 6) is 2.75. The van der Waals surface area contributed by atoms with Gasteiger partial charge in [-0.3, -0.25) is 4.57 Å². The van der Waals surface area contributed by atoms with Crippen LogP contribution in [0.1, 0.15) is 18.0 Å². The normalized spacial score (nSPS) is 11.9. The molecule has 0 amide bonds. The summed E-state index contributed by atoms with van der Waals surface area (Å²) in [6.45, 7) is 2.01. The molecule has 2 heterocycles. The summed E-state index contributed by atoms with van der Waals surface area (Å²) >= 11 is 1.50. The molecule has 0 aliphatic rings. The van der Waals surface area contributed by atoms with Gasteiger partial charge in [0.15, 0.2) is 11.0 Å². The second-order valence-corrected chi connectivity index (χ2v) is 8.52. The zero-order valence-electron chi connectivity index (χ0n) is 18.3. The molecule has 2 aromatic carbocycles. The van der Waals surface area contributed by atoms with Gasteiger partial charge in [-0.25, -0.2) is 0 Å². The van der Waals surface area contributed by atoms with Crippen LogP contribution in [0.25, 0.3) is 17.1 Å². The topological polar surface area (TPSA) is 108 Å². The van der Waals surface area contributed by atoms with E-state index in [2.05, 4.69) is 25.1 Å². The minimum absolute atomic E-state index is 0.135. The maximum atomic E-state index is 5.91. The van der Waals surface area contributed by atoms with E-state index in [4.69, 9.17) is 10.5 Å². The molecule has 4 rings (SSSR count). The lowest BCUT2D eigenvalue weighted by molar-refractivity contribution is 0.415. The third-order valence-corrected chi connectivity index (χ3v) is 5.72. The number of ether oxygens (including phenoxy) is 1. The predicted molar refractivity (Wildman–Crippen MR) is 126 cm³/mol. The summed E-state index contributed by atoms with van der Waals surface area (Å²) in [6, 6.07) is 17.8. The van der Waals surface area contributed by atoms with Crippen LogP contribution in [0, 0.1) is 0 Å². The van der Waals surface area contributed by atoms with Crippen LogP contribution in [0.4, 0.5) is 11.9 Å². The van der Waals surface area contributed by atoms with Crippen molar-refractivity contribution in [1.82, 2.24) is 29.7 Å².